The lowest BCUT2D eigenvalue weighted by Crippen LogP contribution is -2.03. The minimum atomic E-state index is -3.25. The van der Waals surface area contributed by atoms with Crippen LogP contribution < -0.4 is 5.32 Å². The Hall–Kier alpha value is -1.60. The van der Waals surface area contributed by atoms with Crippen LogP contribution in [0.25, 0.3) is 0 Å². The van der Waals surface area contributed by atoms with Gasteiger partial charge in [0.15, 0.2) is 9.84 Å². The minimum absolute atomic E-state index is 0.221. The Morgan fingerprint density at radius 3 is 2.74 bits per heavy atom. The number of sulfone groups is 1. The lowest BCUT2D eigenvalue weighted by Gasteiger charge is -2.08. The van der Waals surface area contributed by atoms with Crippen molar-refractivity contribution in [3.05, 3.63) is 35.1 Å². The number of halogens is 1. The van der Waals surface area contributed by atoms with Crippen molar-refractivity contribution in [2.45, 2.75) is 11.4 Å². The van der Waals surface area contributed by atoms with E-state index in [0.29, 0.717) is 17.3 Å². The Balaban J connectivity index is 2.20. The third-order valence-corrected chi connectivity index (χ3v) is 3.92. The van der Waals surface area contributed by atoms with E-state index in [1.165, 1.54) is 12.1 Å². The molecule has 0 aliphatic carbocycles. The maximum Gasteiger partial charge on any atom is 0.175 e. The molecule has 0 aliphatic rings. The Labute approximate surface area is 116 Å². The molecule has 1 aromatic carbocycles. The minimum Gasteiger partial charge on any atom is -0.378 e. The number of nitrogens with one attached hydrogen (secondary N) is 1. The van der Waals surface area contributed by atoms with Crippen molar-refractivity contribution in [2.24, 2.45) is 7.05 Å². The standard InChI is InChI=1S/C11H13ClN4O2S/c1-16-7-8(14-15-16)6-13-11-5-9(19(2,17)18)3-4-10(11)12/h3-5,7,13H,6H2,1-2H3. The van der Waals surface area contributed by atoms with Crippen molar-refractivity contribution in [1.82, 2.24) is 15.0 Å². The summed E-state index contributed by atoms with van der Waals surface area (Å²) in [7, 11) is -1.48. The molecule has 102 valence electrons. The average molecular weight is 301 g/mol. The van der Waals surface area contributed by atoms with Gasteiger partial charge in [0.05, 0.1) is 22.2 Å². The van der Waals surface area contributed by atoms with E-state index in [0.717, 1.165) is 11.9 Å². The number of hydrogen-bond acceptors (Lipinski definition) is 5. The van der Waals surface area contributed by atoms with Crippen LogP contribution in [0.3, 0.4) is 0 Å². The van der Waals surface area contributed by atoms with Crippen LogP contribution >= 0.6 is 11.6 Å². The summed E-state index contributed by atoms with van der Waals surface area (Å²) in [6, 6.07) is 4.54. The number of benzene rings is 1. The van der Waals surface area contributed by atoms with Crippen LogP contribution in [0, 0.1) is 0 Å². The molecule has 0 atom stereocenters. The van der Waals surface area contributed by atoms with Crippen molar-refractivity contribution in [3.8, 4) is 0 Å². The first-order valence-corrected chi connectivity index (χ1v) is 7.72. The Morgan fingerprint density at radius 2 is 2.16 bits per heavy atom. The largest absolute Gasteiger partial charge is 0.378 e. The van der Waals surface area contributed by atoms with Gasteiger partial charge < -0.3 is 5.32 Å². The van der Waals surface area contributed by atoms with Gasteiger partial charge >= 0.3 is 0 Å². The third-order valence-electron chi connectivity index (χ3n) is 2.48. The number of aromatic nitrogens is 3. The van der Waals surface area contributed by atoms with Crippen LogP contribution in [0.1, 0.15) is 5.69 Å². The summed E-state index contributed by atoms with van der Waals surface area (Å²) in [5, 5.41) is 11.2. The van der Waals surface area contributed by atoms with Gasteiger partial charge in [-0.05, 0) is 18.2 Å². The van der Waals surface area contributed by atoms with E-state index >= 15 is 0 Å². The number of aryl methyl sites for hydroxylation is 1. The Kier molecular flexibility index (Phi) is 3.77. The van der Waals surface area contributed by atoms with Crippen LogP contribution in [-0.2, 0) is 23.4 Å². The summed E-state index contributed by atoms with van der Waals surface area (Å²) < 4.78 is 24.5. The van der Waals surface area contributed by atoms with Crippen molar-refractivity contribution in [1.29, 1.82) is 0 Å². The summed E-state index contributed by atoms with van der Waals surface area (Å²) in [6.45, 7) is 0.417. The van der Waals surface area contributed by atoms with Crippen molar-refractivity contribution in [2.75, 3.05) is 11.6 Å². The van der Waals surface area contributed by atoms with Gasteiger partial charge in [0, 0.05) is 19.5 Å². The average Bonchev–Trinajstić information content (AvgIpc) is 2.72. The second kappa shape index (κ2) is 5.18. The van der Waals surface area contributed by atoms with Gasteiger partial charge in [0.2, 0.25) is 0 Å². The Bertz CT molecular complexity index is 696. The number of rotatable bonds is 4. The molecular weight excluding hydrogens is 288 g/mol. The van der Waals surface area contributed by atoms with E-state index < -0.39 is 9.84 Å². The molecule has 0 saturated carbocycles. The van der Waals surface area contributed by atoms with Crippen molar-refractivity contribution in [3.63, 3.8) is 0 Å². The van der Waals surface area contributed by atoms with E-state index in [9.17, 15) is 8.42 Å². The SMILES string of the molecule is Cn1cc(CNc2cc(S(C)(=O)=O)ccc2Cl)nn1. The molecule has 0 spiro atoms. The topological polar surface area (TPSA) is 76.9 Å². The van der Waals surface area contributed by atoms with Crippen LogP contribution in [0.5, 0.6) is 0 Å². The van der Waals surface area contributed by atoms with E-state index in [1.807, 2.05) is 0 Å². The fourth-order valence-electron chi connectivity index (χ4n) is 1.53. The molecule has 0 bridgehead atoms. The highest BCUT2D eigenvalue weighted by atomic mass is 35.5. The van der Waals surface area contributed by atoms with E-state index in [2.05, 4.69) is 15.6 Å². The third kappa shape index (κ3) is 3.45. The van der Waals surface area contributed by atoms with Gasteiger partial charge in [0.1, 0.15) is 5.69 Å². The number of hydrogen-bond donors (Lipinski definition) is 1. The fourth-order valence-corrected chi connectivity index (χ4v) is 2.36. The van der Waals surface area contributed by atoms with E-state index in [1.54, 1.807) is 24.0 Å². The smallest absolute Gasteiger partial charge is 0.175 e. The highest BCUT2D eigenvalue weighted by molar-refractivity contribution is 7.90. The summed E-state index contributed by atoms with van der Waals surface area (Å²) in [4.78, 5) is 0.221. The molecular formula is C11H13ClN4O2S. The summed E-state index contributed by atoms with van der Waals surface area (Å²) in [5.41, 5.74) is 1.29. The quantitative estimate of drug-likeness (QED) is 0.925. The van der Waals surface area contributed by atoms with Gasteiger partial charge in [-0.15, -0.1) is 5.10 Å². The molecule has 1 aromatic heterocycles. The lowest BCUT2D eigenvalue weighted by molar-refractivity contribution is 0.602. The zero-order valence-corrected chi connectivity index (χ0v) is 12.0. The monoisotopic (exact) mass is 300 g/mol. The van der Waals surface area contributed by atoms with Crippen molar-refractivity contribution < 1.29 is 8.42 Å². The predicted molar refractivity (Wildman–Crippen MR) is 72.9 cm³/mol. The first-order chi connectivity index (χ1) is 8.86. The second-order valence-corrected chi connectivity index (χ2v) is 6.57. The molecule has 2 aromatic rings. The van der Waals surface area contributed by atoms with Gasteiger partial charge in [0.25, 0.3) is 0 Å². The van der Waals surface area contributed by atoms with Gasteiger partial charge in [-0.2, -0.15) is 0 Å². The molecule has 0 aliphatic heterocycles. The zero-order valence-electron chi connectivity index (χ0n) is 10.5. The molecule has 2 rings (SSSR count). The lowest BCUT2D eigenvalue weighted by atomic mass is 10.3. The van der Waals surface area contributed by atoms with Crippen LogP contribution in [-0.4, -0.2) is 29.7 Å². The summed E-state index contributed by atoms with van der Waals surface area (Å²) in [5.74, 6) is 0. The van der Waals surface area contributed by atoms with Gasteiger partial charge in [-0.25, -0.2) is 8.42 Å². The molecule has 6 nitrogen and oxygen atoms in total. The molecule has 0 saturated heterocycles. The van der Waals surface area contributed by atoms with Crippen LogP contribution in [0.4, 0.5) is 5.69 Å². The maximum atomic E-state index is 11.5. The molecule has 0 radical (unpaired) electrons. The van der Waals surface area contributed by atoms with E-state index in [4.69, 9.17) is 11.6 Å². The predicted octanol–water partition coefficient (Wildman–Crippen LogP) is 1.48. The fraction of sp³-hybridized carbons (Fsp3) is 0.273. The highest BCUT2D eigenvalue weighted by Gasteiger charge is 2.10. The van der Waals surface area contributed by atoms with Crippen LogP contribution in [0.2, 0.25) is 5.02 Å². The number of anilines is 1. The molecule has 0 amide bonds. The molecule has 19 heavy (non-hydrogen) atoms. The molecule has 0 unspecified atom stereocenters. The number of nitrogens with zero attached hydrogens (tertiary/aromatic N) is 3. The molecule has 1 heterocycles. The van der Waals surface area contributed by atoms with E-state index in [-0.39, 0.29) is 4.90 Å². The first-order valence-electron chi connectivity index (χ1n) is 5.45. The van der Waals surface area contributed by atoms with Crippen molar-refractivity contribution >= 4 is 27.1 Å². The van der Waals surface area contributed by atoms with Crippen LogP contribution in [0.15, 0.2) is 29.3 Å². The molecule has 1 N–H and O–H groups in total. The first kappa shape index (κ1) is 13.8. The molecule has 0 fully saturated rings. The molecule has 8 heteroatoms. The highest BCUT2D eigenvalue weighted by Crippen LogP contribution is 2.25. The van der Waals surface area contributed by atoms with Gasteiger partial charge in [-0.3, -0.25) is 4.68 Å². The van der Waals surface area contributed by atoms with Gasteiger partial charge in [-0.1, -0.05) is 16.8 Å². The normalized spacial score (nSPS) is 11.5. The Morgan fingerprint density at radius 1 is 1.42 bits per heavy atom. The maximum absolute atomic E-state index is 11.5. The summed E-state index contributed by atoms with van der Waals surface area (Å²) >= 11 is 6.02. The zero-order chi connectivity index (χ0) is 14.0. The summed E-state index contributed by atoms with van der Waals surface area (Å²) in [6.07, 6.45) is 2.92. The second-order valence-electron chi connectivity index (χ2n) is 4.15.